The van der Waals surface area contributed by atoms with Crippen LogP contribution in [0.4, 0.5) is 0 Å². The zero-order valence-corrected chi connectivity index (χ0v) is 15.7. The fourth-order valence-corrected chi connectivity index (χ4v) is 1.79. The van der Waals surface area contributed by atoms with Crippen LogP contribution < -0.4 is 0 Å². The molecule has 2 aromatic rings. The van der Waals surface area contributed by atoms with Crippen LogP contribution in [0.25, 0.3) is 0 Å². The van der Waals surface area contributed by atoms with Crippen LogP contribution >= 0.6 is 13.6 Å². The monoisotopic (exact) mass is 467 g/mol. The summed E-state index contributed by atoms with van der Waals surface area (Å²) >= 11 is 5.03. The number of hydrogen-bond donors (Lipinski definition) is 2. The van der Waals surface area contributed by atoms with Crippen LogP contribution in [0, 0.1) is 0 Å². The Kier molecular flexibility index (Phi) is 21.1. The summed E-state index contributed by atoms with van der Waals surface area (Å²) in [6.07, 6.45) is 3.58. The molecular formula is C17H18BrO4Ru. The summed E-state index contributed by atoms with van der Waals surface area (Å²) in [4.78, 5) is 16.5. The Morgan fingerprint density at radius 2 is 1.00 bits per heavy atom. The van der Waals surface area contributed by atoms with Crippen molar-refractivity contribution in [1.82, 2.24) is 0 Å². The first kappa shape index (κ1) is 23.7. The maximum absolute atomic E-state index is 8.24. The molecule has 0 saturated carbocycles. The molecule has 2 rings (SSSR count). The molecule has 0 heterocycles. The van der Waals surface area contributed by atoms with Crippen LogP contribution in [0.5, 0.6) is 0 Å². The summed E-state index contributed by atoms with van der Waals surface area (Å²) in [6.45, 7) is 1.00. The van der Waals surface area contributed by atoms with Crippen molar-refractivity contribution in [3.05, 3.63) is 71.8 Å². The Balaban J connectivity index is 0. The molecule has 0 amide bonds. The van der Waals surface area contributed by atoms with Crippen molar-refractivity contribution in [3.63, 3.8) is 0 Å². The Labute approximate surface area is 153 Å². The molecule has 0 saturated heterocycles. The van der Waals surface area contributed by atoms with Gasteiger partial charge in [0.1, 0.15) is 0 Å². The quantitative estimate of drug-likeness (QED) is 0.528. The van der Waals surface area contributed by atoms with E-state index in [1.165, 1.54) is 30.4 Å². The van der Waals surface area contributed by atoms with Gasteiger partial charge in [0.05, 0.1) is 0 Å². The number of benzene rings is 2. The Hall–Kier alpha value is -1.52. The van der Waals surface area contributed by atoms with Gasteiger partial charge >= 0.3 is 30.0 Å². The first-order chi connectivity index (χ1) is 11.3. The Morgan fingerprint density at radius 3 is 1.26 bits per heavy atom. The number of aryl methyl sites for hydroxylation is 2. The minimum absolute atomic E-state index is 0.500. The molecule has 0 atom stereocenters. The maximum atomic E-state index is 8.24. The van der Waals surface area contributed by atoms with E-state index in [4.69, 9.17) is 19.8 Å². The average Bonchev–Trinajstić information content (AvgIpc) is 2.60. The fourth-order valence-electron chi connectivity index (χ4n) is 1.79. The van der Waals surface area contributed by atoms with Gasteiger partial charge in [-0.05, 0) is 30.4 Å². The zero-order chi connectivity index (χ0) is 17.8. The van der Waals surface area contributed by atoms with Crippen LogP contribution in [-0.2, 0) is 38.8 Å². The Morgan fingerprint density at radius 1 is 0.739 bits per heavy atom. The van der Waals surface area contributed by atoms with Crippen LogP contribution in [-0.4, -0.2) is 23.2 Å². The first-order valence-electron chi connectivity index (χ1n) is 6.52. The van der Waals surface area contributed by atoms with Crippen molar-refractivity contribution in [2.45, 2.75) is 19.3 Å². The summed E-state index contributed by atoms with van der Waals surface area (Å²) in [7, 11) is 0. The minimum Gasteiger partial charge on any atom is -0.0622 e. The molecule has 0 fully saturated rings. The molecule has 2 N–H and O–H groups in total. The van der Waals surface area contributed by atoms with Gasteiger partial charge in [0.25, 0.3) is 0 Å². The van der Waals surface area contributed by atoms with Crippen molar-refractivity contribution in [3.8, 4) is 0 Å². The van der Waals surface area contributed by atoms with E-state index in [1.807, 2.05) is 0 Å². The second-order valence-corrected chi connectivity index (χ2v) is 4.01. The molecule has 0 aliphatic carbocycles. The maximum Gasteiger partial charge on any atom is -0.0276 e. The van der Waals surface area contributed by atoms with Gasteiger partial charge in [-0.2, -0.15) is 0 Å². The van der Waals surface area contributed by atoms with E-state index in [-0.39, 0.29) is 0 Å². The van der Waals surface area contributed by atoms with Gasteiger partial charge in [0.2, 0.25) is 0 Å². The molecule has 4 nitrogen and oxygen atoms in total. The molecule has 125 valence electrons. The smallest absolute Gasteiger partial charge is 0.0276 e. The van der Waals surface area contributed by atoms with Crippen molar-refractivity contribution in [2.75, 3.05) is 0 Å². The van der Waals surface area contributed by atoms with Crippen LogP contribution in [0.15, 0.2) is 60.7 Å². The summed E-state index contributed by atoms with van der Waals surface area (Å²) in [5, 5.41) is 13.5. The number of rotatable bonds is 4. The summed E-state index contributed by atoms with van der Waals surface area (Å²) < 4.78 is 0. The Bertz CT molecular complexity index is 435. The minimum atomic E-state index is 0.500. The van der Waals surface area contributed by atoms with Gasteiger partial charge in [-0.1, -0.05) is 73.6 Å². The number of halogens is 1. The van der Waals surface area contributed by atoms with E-state index in [1.54, 1.807) is 0 Å². The third kappa shape index (κ3) is 16.7. The van der Waals surface area contributed by atoms with Gasteiger partial charge in [-0.15, -0.1) is 0 Å². The molecular weight excluding hydrogens is 449 g/mol. The summed E-state index contributed by atoms with van der Waals surface area (Å²) in [6, 6.07) is 21.4. The van der Waals surface area contributed by atoms with Crippen molar-refractivity contribution in [2.24, 2.45) is 0 Å². The van der Waals surface area contributed by atoms with E-state index in [0.29, 0.717) is 12.9 Å². The van der Waals surface area contributed by atoms with E-state index >= 15 is 0 Å². The molecule has 6 heteroatoms. The molecule has 0 spiro atoms. The topological polar surface area (TPSA) is 74.6 Å². The molecule has 0 aliphatic rings. The molecule has 0 bridgehead atoms. The van der Waals surface area contributed by atoms with Gasteiger partial charge in [-0.3, -0.25) is 0 Å². The molecule has 0 aliphatic heterocycles. The number of hydrogen-bond acceptors (Lipinski definition) is 2. The van der Waals surface area contributed by atoms with Crippen LogP contribution in [0.1, 0.15) is 17.5 Å². The zero-order valence-electron chi connectivity index (χ0n) is 12.3. The van der Waals surface area contributed by atoms with E-state index < -0.39 is 0 Å². The van der Waals surface area contributed by atoms with E-state index in [0.717, 1.165) is 0 Å². The molecule has 0 aromatic heterocycles. The van der Waals surface area contributed by atoms with Gasteiger partial charge < -0.3 is 19.8 Å². The van der Waals surface area contributed by atoms with Crippen molar-refractivity contribution in [1.29, 1.82) is 0 Å². The predicted molar refractivity (Wildman–Crippen MR) is 90.5 cm³/mol. The van der Waals surface area contributed by atoms with E-state index in [9.17, 15) is 0 Å². The van der Waals surface area contributed by atoms with Gasteiger partial charge in [0.15, 0.2) is 0 Å². The average molecular weight is 467 g/mol. The fraction of sp³-hybridized carbons (Fsp3) is 0.176. The SMILES string of the molecule is O=[C-]O.O=[C-]O.[Br][Ru+2].c1ccc(CCCc2ccccc2)cc1. The van der Waals surface area contributed by atoms with Crippen LogP contribution in [0.2, 0.25) is 0 Å². The predicted octanol–water partition coefficient (Wildman–Crippen LogP) is 3.93. The third-order valence-electron chi connectivity index (χ3n) is 2.62. The van der Waals surface area contributed by atoms with Crippen molar-refractivity contribution >= 4 is 26.6 Å². The standard InChI is InChI=1S/C15H16.2CHO2.BrH.Ru/c1-3-8-14(9-4-1)12-7-13-15-10-5-2-6-11-15;2*2-1-3;;/h1-6,8-11H,7,12-13H2;2*(H,2,3);1H;/q;2*-1;;+3/p-1. The summed E-state index contributed by atoms with van der Waals surface area (Å²) in [5.74, 6) is 0. The second kappa shape index (κ2) is 20.5. The third-order valence-corrected chi connectivity index (χ3v) is 2.62. The molecule has 2 aromatic carbocycles. The van der Waals surface area contributed by atoms with Crippen molar-refractivity contribution < 1.29 is 36.1 Å². The van der Waals surface area contributed by atoms with Gasteiger partial charge in [0, 0.05) is 0 Å². The molecule has 0 unspecified atom stereocenters. The largest absolute Gasteiger partial charge is 0.0622 e. The normalized spacial score (nSPS) is 7.87. The number of aliphatic hydroxyl groups excluding tert-OH is 2. The van der Waals surface area contributed by atoms with Crippen LogP contribution in [0.3, 0.4) is 0 Å². The summed E-state index contributed by atoms with van der Waals surface area (Å²) in [5.41, 5.74) is 2.88. The second-order valence-electron chi connectivity index (χ2n) is 4.01. The van der Waals surface area contributed by atoms with Gasteiger partial charge in [-0.25, -0.2) is 0 Å². The molecule has 0 radical (unpaired) electrons. The molecule has 23 heavy (non-hydrogen) atoms. The van der Waals surface area contributed by atoms with E-state index in [2.05, 4.69) is 90.6 Å². The first-order valence-corrected chi connectivity index (χ1v) is 10.5.